The first-order valence-electron chi connectivity index (χ1n) is 13.2. The molecule has 14 heteroatoms. The number of rotatable bonds is 9. The number of esters is 1. The quantitative estimate of drug-likeness (QED) is 0.294. The van der Waals surface area contributed by atoms with Gasteiger partial charge in [0.2, 0.25) is 12.0 Å². The summed E-state index contributed by atoms with van der Waals surface area (Å²) in [4.78, 5) is 52.8. The lowest BCUT2D eigenvalue weighted by Gasteiger charge is -2.35. The van der Waals surface area contributed by atoms with Crippen LogP contribution in [0.4, 0.5) is 22.0 Å². The highest BCUT2D eigenvalue weighted by molar-refractivity contribution is 5.97. The number of amides is 3. The molecule has 1 aliphatic rings. The predicted molar refractivity (Wildman–Crippen MR) is 143 cm³/mol. The van der Waals surface area contributed by atoms with E-state index in [1.165, 1.54) is 25.1 Å². The van der Waals surface area contributed by atoms with Gasteiger partial charge in [-0.05, 0) is 31.0 Å². The van der Waals surface area contributed by atoms with E-state index < -0.39 is 72.5 Å². The van der Waals surface area contributed by atoms with Crippen molar-refractivity contribution in [1.29, 1.82) is 0 Å². The Kier molecular flexibility index (Phi) is 9.72. The number of aromatic hydroxyl groups is 1. The van der Waals surface area contributed by atoms with Crippen molar-refractivity contribution in [2.75, 3.05) is 13.1 Å². The summed E-state index contributed by atoms with van der Waals surface area (Å²) in [5, 5.41) is 14.2. The Balaban J connectivity index is 2.06. The zero-order valence-electron chi connectivity index (χ0n) is 23.8. The highest BCUT2D eigenvalue weighted by atomic mass is 19.4. The molecule has 0 aliphatic carbocycles. The van der Waals surface area contributed by atoms with Crippen molar-refractivity contribution >= 4 is 23.7 Å². The maximum Gasteiger partial charge on any atom is 0.405 e. The second kappa shape index (κ2) is 12.6. The van der Waals surface area contributed by atoms with Crippen LogP contribution in [-0.2, 0) is 25.5 Å². The molecule has 0 spiro atoms. The molecule has 0 bridgehead atoms. The molecule has 0 radical (unpaired) electrons. The number of carbonyl (C=O) groups excluding carboxylic acids is 4. The van der Waals surface area contributed by atoms with Crippen LogP contribution in [0.1, 0.15) is 42.3 Å². The second-order valence-corrected chi connectivity index (χ2v) is 10.9. The van der Waals surface area contributed by atoms with Crippen molar-refractivity contribution in [2.24, 2.45) is 5.41 Å². The fraction of sp³-hybridized carbons (Fsp3) is 0.448. The topological polar surface area (TPSA) is 125 Å². The zero-order valence-corrected chi connectivity index (χ0v) is 23.8. The molecule has 3 rings (SSSR count). The van der Waals surface area contributed by atoms with E-state index in [1.807, 2.05) is 0 Å². The van der Waals surface area contributed by atoms with E-state index in [9.17, 15) is 37.5 Å². The maximum atomic E-state index is 15.2. The third-order valence-electron chi connectivity index (χ3n) is 7.37. The van der Waals surface area contributed by atoms with E-state index >= 15 is 8.78 Å². The molecule has 1 saturated heterocycles. The Labute approximate surface area is 244 Å². The lowest BCUT2D eigenvalue weighted by Crippen LogP contribution is -2.59. The molecule has 1 heterocycles. The molecule has 1 aliphatic heterocycles. The molecule has 1 fully saturated rings. The number of nitrogens with zero attached hydrogens (tertiary/aromatic N) is 1. The number of alkyl halides is 5. The number of phenolic OH excluding ortho intramolecular Hbond substituents is 1. The van der Waals surface area contributed by atoms with Gasteiger partial charge in [-0.25, -0.2) is 8.78 Å². The van der Waals surface area contributed by atoms with Crippen molar-refractivity contribution in [3.05, 3.63) is 65.2 Å². The average molecular weight is 614 g/mol. The van der Waals surface area contributed by atoms with E-state index in [0.717, 1.165) is 20.8 Å². The van der Waals surface area contributed by atoms with Crippen LogP contribution >= 0.6 is 0 Å². The SMILES string of the molecule is CC(=O)O[C@H](C(=O)N1CC(F)(F)C(C)(C)C1C(=O)NCC(F)(F)F)[C@H](Cc1ccccc1)NC(=O)c1cccc(O)c1C. The average Bonchev–Trinajstić information content (AvgIpc) is 3.10. The van der Waals surface area contributed by atoms with Gasteiger partial charge in [-0.3, -0.25) is 19.2 Å². The van der Waals surface area contributed by atoms with Gasteiger partial charge >= 0.3 is 12.1 Å². The zero-order chi connectivity index (χ0) is 32.3. The number of carbonyl (C=O) groups is 4. The monoisotopic (exact) mass is 613 g/mol. The summed E-state index contributed by atoms with van der Waals surface area (Å²) < 4.78 is 74.2. The van der Waals surface area contributed by atoms with Crippen molar-refractivity contribution < 1.29 is 51.0 Å². The van der Waals surface area contributed by atoms with Crippen LogP contribution in [0.25, 0.3) is 0 Å². The summed E-state index contributed by atoms with van der Waals surface area (Å²) in [6.45, 7) is 1.09. The second-order valence-electron chi connectivity index (χ2n) is 10.9. The fourth-order valence-electron chi connectivity index (χ4n) is 4.92. The molecule has 0 aromatic heterocycles. The number of hydrogen-bond donors (Lipinski definition) is 3. The first-order chi connectivity index (χ1) is 19.9. The van der Waals surface area contributed by atoms with E-state index in [0.29, 0.717) is 10.5 Å². The van der Waals surface area contributed by atoms with Crippen LogP contribution in [0.5, 0.6) is 5.75 Å². The fourth-order valence-corrected chi connectivity index (χ4v) is 4.92. The van der Waals surface area contributed by atoms with Gasteiger partial charge < -0.3 is 25.4 Å². The summed E-state index contributed by atoms with van der Waals surface area (Å²) in [6, 6.07) is 8.91. The van der Waals surface area contributed by atoms with Crippen LogP contribution in [0.2, 0.25) is 0 Å². The summed E-state index contributed by atoms with van der Waals surface area (Å²) in [7, 11) is 0. The van der Waals surface area contributed by atoms with Crippen LogP contribution in [0, 0.1) is 12.3 Å². The van der Waals surface area contributed by atoms with Crippen molar-refractivity contribution in [3.8, 4) is 5.75 Å². The normalized spacial score (nSPS) is 18.8. The molecule has 3 atom stereocenters. The highest BCUT2D eigenvalue weighted by Crippen LogP contribution is 2.48. The first-order valence-corrected chi connectivity index (χ1v) is 13.2. The van der Waals surface area contributed by atoms with E-state index in [2.05, 4.69) is 5.32 Å². The van der Waals surface area contributed by atoms with Crippen LogP contribution in [0.3, 0.4) is 0 Å². The molecule has 234 valence electrons. The number of likely N-dealkylation sites (tertiary alicyclic amines) is 1. The summed E-state index contributed by atoms with van der Waals surface area (Å²) >= 11 is 0. The number of ether oxygens (including phenoxy) is 1. The molecule has 0 saturated carbocycles. The molecule has 3 N–H and O–H groups in total. The molecule has 1 unspecified atom stereocenters. The summed E-state index contributed by atoms with van der Waals surface area (Å²) in [5.41, 5.74) is -1.59. The molecular weight excluding hydrogens is 581 g/mol. The Morgan fingerprint density at radius 1 is 1.07 bits per heavy atom. The number of nitrogens with one attached hydrogen (secondary N) is 2. The third-order valence-corrected chi connectivity index (χ3v) is 7.37. The minimum atomic E-state index is -4.86. The minimum absolute atomic E-state index is 0.00494. The largest absolute Gasteiger partial charge is 0.508 e. The Morgan fingerprint density at radius 3 is 2.28 bits per heavy atom. The standard InChI is InChI=1S/C29H32F5N3O6/c1-16-19(11-8-12-21(16)39)24(40)36-20(13-18-9-6-5-7-10-18)22(43-17(2)38)26(42)37-15-28(30,31)27(3,4)23(37)25(41)35-14-29(32,33)34/h5-12,20,22-23,39H,13-15H2,1-4H3,(H,35,41)(H,36,40)/t20-,22-,23?/m0/s1. The van der Waals surface area contributed by atoms with Crippen molar-refractivity contribution in [1.82, 2.24) is 15.5 Å². The van der Waals surface area contributed by atoms with Crippen LogP contribution < -0.4 is 10.6 Å². The molecule has 2 aromatic carbocycles. The van der Waals surface area contributed by atoms with Gasteiger partial charge in [-0.1, -0.05) is 50.2 Å². The number of benzene rings is 2. The molecule has 43 heavy (non-hydrogen) atoms. The van der Waals surface area contributed by atoms with Gasteiger partial charge in [-0.15, -0.1) is 0 Å². The van der Waals surface area contributed by atoms with Gasteiger partial charge in [-0.2, -0.15) is 13.2 Å². The lowest BCUT2D eigenvalue weighted by molar-refractivity contribution is -0.163. The number of hydrogen-bond acceptors (Lipinski definition) is 6. The smallest absolute Gasteiger partial charge is 0.405 e. The first kappa shape index (κ1) is 33.3. The summed E-state index contributed by atoms with van der Waals surface area (Å²) in [5.74, 6) is -8.56. The van der Waals surface area contributed by atoms with Gasteiger partial charge in [0.05, 0.1) is 18.0 Å². The Bertz CT molecular complexity index is 1370. The summed E-state index contributed by atoms with van der Waals surface area (Å²) in [6.07, 6.45) is -6.99. The van der Waals surface area contributed by atoms with Gasteiger partial charge in [0, 0.05) is 18.1 Å². The van der Waals surface area contributed by atoms with Crippen LogP contribution in [0.15, 0.2) is 48.5 Å². The number of phenols is 1. The predicted octanol–water partition coefficient (Wildman–Crippen LogP) is 3.52. The molecule has 3 amide bonds. The van der Waals surface area contributed by atoms with Gasteiger partial charge in [0.25, 0.3) is 17.7 Å². The van der Waals surface area contributed by atoms with Gasteiger partial charge in [0.15, 0.2) is 0 Å². The lowest BCUT2D eigenvalue weighted by atomic mass is 9.81. The Hall–Kier alpha value is -4.23. The van der Waals surface area contributed by atoms with E-state index in [4.69, 9.17) is 4.74 Å². The molecule has 2 aromatic rings. The minimum Gasteiger partial charge on any atom is -0.508 e. The van der Waals surface area contributed by atoms with E-state index in [1.54, 1.807) is 35.6 Å². The maximum absolute atomic E-state index is 15.2. The molecule has 9 nitrogen and oxygen atoms in total. The van der Waals surface area contributed by atoms with Crippen molar-refractivity contribution in [3.63, 3.8) is 0 Å². The van der Waals surface area contributed by atoms with Gasteiger partial charge in [0.1, 0.15) is 18.3 Å². The van der Waals surface area contributed by atoms with Crippen LogP contribution in [-0.4, -0.2) is 77.1 Å². The molecular formula is C29H32F5N3O6. The highest BCUT2D eigenvalue weighted by Gasteiger charge is 2.65. The Morgan fingerprint density at radius 2 is 1.70 bits per heavy atom. The number of halogens is 5. The van der Waals surface area contributed by atoms with Crippen molar-refractivity contribution in [2.45, 2.75) is 64.4 Å². The van der Waals surface area contributed by atoms with E-state index in [-0.39, 0.29) is 23.3 Å². The third kappa shape index (κ3) is 7.59.